The van der Waals surface area contributed by atoms with Crippen molar-refractivity contribution < 1.29 is 0 Å². The van der Waals surface area contributed by atoms with E-state index in [0.717, 1.165) is 37.0 Å². The van der Waals surface area contributed by atoms with E-state index >= 15 is 0 Å². The molecule has 2 heterocycles. The normalized spacial score (nSPS) is 21.8. The number of rotatable bonds is 5. The summed E-state index contributed by atoms with van der Waals surface area (Å²) in [6.07, 6.45) is 4.69. The topological polar surface area (TPSA) is 42.7 Å². The SMILES string of the molecule is CC(C)Cc1nc(CC(C)C2CCCNC2)n(C)n1. The van der Waals surface area contributed by atoms with E-state index in [1.54, 1.807) is 0 Å². The van der Waals surface area contributed by atoms with Gasteiger partial charge in [0.05, 0.1) is 0 Å². The highest BCUT2D eigenvalue weighted by atomic mass is 15.3. The van der Waals surface area contributed by atoms with E-state index in [1.165, 1.54) is 19.4 Å². The fourth-order valence-electron chi connectivity index (χ4n) is 2.92. The number of nitrogens with zero attached hydrogens (tertiary/aromatic N) is 3. The van der Waals surface area contributed by atoms with Gasteiger partial charge in [-0.2, -0.15) is 5.10 Å². The largest absolute Gasteiger partial charge is 0.316 e. The van der Waals surface area contributed by atoms with E-state index in [-0.39, 0.29) is 0 Å². The lowest BCUT2D eigenvalue weighted by molar-refractivity contribution is 0.274. The molecule has 0 spiro atoms. The summed E-state index contributed by atoms with van der Waals surface area (Å²) in [5, 5.41) is 8.04. The predicted octanol–water partition coefficient (Wildman–Crippen LogP) is 2.19. The molecule has 1 saturated heterocycles. The summed E-state index contributed by atoms with van der Waals surface area (Å²) in [6, 6.07) is 0. The Kier molecular flexibility index (Phi) is 4.97. The van der Waals surface area contributed by atoms with Crippen LogP contribution in [0.5, 0.6) is 0 Å². The van der Waals surface area contributed by atoms with Gasteiger partial charge in [-0.15, -0.1) is 0 Å². The quantitative estimate of drug-likeness (QED) is 0.886. The van der Waals surface area contributed by atoms with Gasteiger partial charge in [0.1, 0.15) is 5.82 Å². The third-order valence-corrected chi connectivity index (χ3v) is 4.13. The van der Waals surface area contributed by atoms with Gasteiger partial charge in [0.15, 0.2) is 5.82 Å². The average molecular weight is 264 g/mol. The zero-order chi connectivity index (χ0) is 13.8. The van der Waals surface area contributed by atoms with Gasteiger partial charge in [-0.1, -0.05) is 20.8 Å². The maximum atomic E-state index is 4.72. The van der Waals surface area contributed by atoms with Crippen LogP contribution >= 0.6 is 0 Å². The molecule has 4 nitrogen and oxygen atoms in total. The minimum Gasteiger partial charge on any atom is -0.316 e. The molecule has 0 radical (unpaired) electrons. The van der Waals surface area contributed by atoms with Crippen LogP contribution in [0.1, 0.15) is 45.3 Å². The first-order valence-electron chi connectivity index (χ1n) is 7.65. The zero-order valence-corrected chi connectivity index (χ0v) is 12.8. The third kappa shape index (κ3) is 4.03. The highest BCUT2D eigenvalue weighted by Crippen LogP contribution is 2.22. The number of nitrogens with one attached hydrogen (secondary N) is 1. The van der Waals surface area contributed by atoms with Crippen LogP contribution in [0.15, 0.2) is 0 Å². The monoisotopic (exact) mass is 264 g/mol. The van der Waals surface area contributed by atoms with Crippen LogP contribution in [0.3, 0.4) is 0 Å². The van der Waals surface area contributed by atoms with Gasteiger partial charge < -0.3 is 5.32 Å². The van der Waals surface area contributed by atoms with Crippen LogP contribution in [0.4, 0.5) is 0 Å². The van der Waals surface area contributed by atoms with Crippen LogP contribution in [0, 0.1) is 17.8 Å². The Balaban J connectivity index is 1.95. The van der Waals surface area contributed by atoms with E-state index in [4.69, 9.17) is 4.98 Å². The minimum absolute atomic E-state index is 0.621. The Bertz CT molecular complexity index is 391. The molecule has 19 heavy (non-hydrogen) atoms. The van der Waals surface area contributed by atoms with Crippen LogP contribution in [-0.4, -0.2) is 27.9 Å². The van der Waals surface area contributed by atoms with Gasteiger partial charge in [0.2, 0.25) is 0 Å². The fraction of sp³-hybridized carbons (Fsp3) is 0.867. The van der Waals surface area contributed by atoms with Gasteiger partial charge in [0, 0.05) is 19.9 Å². The molecule has 1 aliphatic rings. The molecule has 0 amide bonds. The van der Waals surface area contributed by atoms with Gasteiger partial charge in [-0.3, -0.25) is 4.68 Å². The van der Waals surface area contributed by atoms with Crippen molar-refractivity contribution in [1.82, 2.24) is 20.1 Å². The molecule has 1 aromatic rings. The second-order valence-electron chi connectivity index (χ2n) is 6.45. The standard InChI is InChI=1S/C15H28N4/c1-11(2)8-14-17-15(19(4)18-14)9-12(3)13-6-5-7-16-10-13/h11-13,16H,5-10H2,1-4H3. The summed E-state index contributed by atoms with van der Waals surface area (Å²) in [4.78, 5) is 4.72. The lowest BCUT2D eigenvalue weighted by atomic mass is 9.85. The van der Waals surface area contributed by atoms with Crippen molar-refractivity contribution in [3.63, 3.8) is 0 Å². The summed E-state index contributed by atoms with van der Waals surface area (Å²) >= 11 is 0. The molecular formula is C15H28N4. The van der Waals surface area contributed by atoms with Gasteiger partial charge in [0.25, 0.3) is 0 Å². The molecule has 2 rings (SSSR count). The number of aromatic nitrogens is 3. The molecule has 1 fully saturated rings. The van der Waals surface area contributed by atoms with Crippen LogP contribution in [0.25, 0.3) is 0 Å². The Morgan fingerprint density at radius 1 is 1.32 bits per heavy atom. The van der Waals surface area contributed by atoms with E-state index in [0.29, 0.717) is 11.8 Å². The predicted molar refractivity (Wildman–Crippen MR) is 78.0 cm³/mol. The maximum Gasteiger partial charge on any atom is 0.151 e. The molecule has 1 aromatic heterocycles. The molecule has 108 valence electrons. The summed E-state index contributed by atoms with van der Waals surface area (Å²) in [7, 11) is 2.03. The van der Waals surface area contributed by atoms with E-state index in [9.17, 15) is 0 Å². The van der Waals surface area contributed by atoms with Gasteiger partial charge >= 0.3 is 0 Å². The summed E-state index contributed by atoms with van der Waals surface area (Å²) in [5.74, 6) is 4.24. The third-order valence-electron chi connectivity index (χ3n) is 4.13. The maximum absolute atomic E-state index is 4.72. The van der Waals surface area contributed by atoms with E-state index < -0.39 is 0 Å². The first-order chi connectivity index (χ1) is 9.06. The molecular weight excluding hydrogens is 236 g/mol. The molecule has 4 heteroatoms. The zero-order valence-electron chi connectivity index (χ0n) is 12.8. The minimum atomic E-state index is 0.621. The molecule has 2 atom stereocenters. The van der Waals surface area contributed by atoms with Crippen molar-refractivity contribution in [2.45, 2.75) is 46.5 Å². The summed E-state index contributed by atoms with van der Waals surface area (Å²) in [5.41, 5.74) is 0. The lowest BCUT2D eigenvalue weighted by Crippen LogP contribution is -2.34. The smallest absolute Gasteiger partial charge is 0.151 e. The number of aryl methyl sites for hydroxylation is 1. The molecule has 0 saturated carbocycles. The van der Waals surface area contributed by atoms with Crippen LogP contribution < -0.4 is 5.32 Å². The summed E-state index contributed by atoms with van der Waals surface area (Å²) in [6.45, 7) is 9.14. The van der Waals surface area contributed by atoms with Crippen molar-refractivity contribution in [2.75, 3.05) is 13.1 Å². The van der Waals surface area contributed by atoms with E-state index in [1.807, 2.05) is 11.7 Å². The number of hydrogen-bond acceptors (Lipinski definition) is 3. The van der Waals surface area contributed by atoms with Gasteiger partial charge in [-0.25, -0.2) is 4.98 Å². The van der Waals surface area contributed by atoms with Crippen molar-refractivity contribution in [1.29, 1.82) is 0 Å². The average Bonchev–Trinajstić information content (AvgIpc) is 2.69. The van der Waals surface area contributed by atoms with Crippen LogP contribution in [-0.2, 0) is 19.9 Å². The molecule has 1 aliphatic heterocycles. The first-order valence-corrected chi connectivity index (χ1v) is 7.65. The molecule has 0 aliphatic carbocycles. The first kappa shape index (κ1) is 14.5. The Morgan fingerprint density at radius 3 is 2.74 bits per heavy atom. The molecule has 0 aromatic carbocycles. The van der Waals surface area contributed by atoms with Crippen molar-refractivity contribution in [3.05, 3.63) is 11.6 Å². The van der Waals surface area contributed by atoms with Crippen molar-refractivity contribution >= 4 is 0 Å². The molecule has 0 bridgehead atoms. The van der Waals surface area contributed by atoms with E-state index in [2.05, 4.69) is 31.2 Å². The van der Waals surface area contributed by atoms with Gasteiger partial charge in [-0.05, 0) is 43.7 Å². The Labute approximate surface area is 117 Å². The fourth-order valence-corrected chi connectivity index (χ4v) is 2.92. The second kappa shape index (κ2) is 6.51. The molecule has 2 unspecified atom stereocenters. The lowest BCUT2D eigenvalue weighted by Gasteiger charge is -2.28. The highest BCUT2D eigenvalue weighted by Gasteiger charge is 2.22. The van der Waals surface area contributed by atoms with Crippen molar-refractivity contribution in [2.24, 2.45) is 24.8 Å². The number of piperidine rings is 1. The van der Waals surface area contributed by atoms with Crippen molar-refractivity contribution in [3.8, 4) is 0 Å². The second-order valence-corrected chi connectivity index (χ2v) is 6.45. The highest BCUT2D eigenvalue weighted by molar-refractivity contribution is 4.95. The van der Waals surface area contributed by atoms with Crippen LogP contribution in [0.2, 0.25) is 0 Å². The molecule has 1 N–H and O–H groups in total. The Hall–Kier alpha value is -0.900. The Morgan fingerprint density at radius 2 is 2.11 bits per heavy atom. The summed E-state index contributed by atoms with van der Waals surface area (Å²) < 4.78 is 1.98. The number of hydrogen-bond donors (Lipinski definition) is 1.